The van der Waals surface area contributed by atoms with Crippen LogP contribution in [0.1, 0.15) is 33.0 Å². The SMILES string of the molecule is N#Cc1ccc(COc2cccc(-c3cc(F)c(Cc4nc5ccc(C(=O)O)nc5n4CCOC(F)F)cc3F)n2)c(F)c1. The van der Waals surface area contributed by atoms with Crippen LogP contribution in [0.2, 0.25) is 0 Å². The largest absolute Gasteiger partial charge is 0.477 e. The molecule has 0 atom stereocenters. The van der Waals surface area contributed by atoms with Crippen molar-refractivity contribution in [1.29, 1.82) is 5.26 Å². The second-order valence-electron chi connectivity index (χ2n) is 9.32. The Morgan fingerprint density at radius 3 is 2.48 bits per heavy atom. The Morgan fingerprint density at radius 2 is 1.75 bits per heavy atom. The zero-order valence-corrected chi connectivity index (χ0v) is 22.5. The van der Waals surface area contributed by atoms with Gasteiger partial charge in [0.2, 0.25) is 5.88 Å². The molecule has 0 amide bonds. The third-order valence-corrected chi connectivity index (χ3v) is 6.49. The van der Waals surface area contributed by atoms with E-state index >= 15 is 8.78 Å². The van der Waals surface area contributed by atoms with Crippen molar-refractivity contribution in [3.63, 3.8) is 0 Å². The molecule has 0 aliphatic rings. The van der Waals surface area contributed by atoms with E-state index in [4.69, 9.17) is 10.00 Å². The van der Waals surface area contributed by atoms with Crippen molar-refractivity contribution in [1.82, 2.24) is 19.5 Å². The maximum Gasteiger partial charge on any atom is 0.354 e. The first kappa shape index (κ1) is 30.1. The van der Waals surface area contributed by atoms with Gasteiger partial charge in [-0.1, -0.05) is 12.1 Å². The number of nitrogens with zero attached hydrogens (tertiary/aromatic N) is 5. The number of ether oxygens (including phenoxy) is 2. The highest BCUT2D eigenvalue weighted by Gasteiger charge is 2.20. The number of pyridine rings is 2. The average Bonchev–Trinajstić information content (AvgIpc) is 3.34. The standard InChI is InChI=1S/C30H20F5N5O4/c31-20-10-16(14-36)4-5-17(20)15-44-27-3-1-2-23(38-27)19-13-21(32)18(11-22(19)33)12-26-37-24-6-7-25(29(41)42)39-28(24)40(26)8-9-43-30(34)35/h1-7,10-11,13,30H,8-9,12,15H2,(H,41,42). The minimum atomic E-state index is -3.05. The van der Waals surface area contributed by atoms with E-state index in [2.05, 4.69) is 19.7 Å². The lowest BCUT2D eigenvalue weighted by Crippen LogP contribution is -2.13. The van der Waals surface area contributed by atoms with Gasteiger partial charge >= 0.3 is 12.6 Å². The number of alkyl halides is 2. The molecule has 0 aliphatic carbocycles. The van der Waals surface area contributed by atoms with Crippen LogP contribution in [0.4, 0.5) is 22.0 Å². The highest BCUT2D eigenvalue weighted by Crippen LogP contribution is 2.28. The molecule has 3 heterocycles. The van der Waals surface area contributed by atoms with Crippen molar-refractivity contribution in [2.45, 2.75) is 26.2 Å². The Hall–Kier alpha value is -5.42. The molecule has 5 rings (SSSR count). The predicted molar refractivity (Wildman–Crippen MR) is 144 cm³/mol. The number of fused-ring (bicyclic) bond motifs is 1. The van der Waals surface area contributed by atoms with Gasteiger partial charge in [0, 0.05) is 30.2 Å². The third-order valence-electron chi connectivity index (χ3n) is 6.49. The maximum atomic E-state index is 15.3. The van der Waals surface area contributed by atoms with Crippen molar-refractivity contribution >= 4 is 17.1 Å². The zero-order valence-electron chi connectivity index (χ0n) is 22.5. The fourth-order valence-corrected chi connectivity index (χ4v) is 4.39. The van der Waals surface area contributed by atoms with Crippen molar-refractivity contribution in [2.75, 3.05) is 6.61 Å². The van der Waals surface area contributed by atoms with Crippen LogP contribution in [-0.4, -0.2) is 43.8 Å². The van der Waals surface area contributed by atoms with Crippen LogP contribution in [0, 0.1) is 28.8 Å². The lowest BCUT2D eigenvalue weighted by Gasteiger charge is -2.12. The van der Waals surface area contributed by atoms with Gasteiger partial charge in [-0.25, -0.2) is 32.9 Å². The molecule has 0 spiro atoms. The third kappa shape index (κ3) is 6.63. The van der Waals surface area contributed by atoms with Gasteiger partial charge in [-0.15, -0.1) is 0 Å². The summed E-state index contributed by atoms with van der Waals surface area (Å²) < 4.78 is 81.2. The van der Waals surface area contributed by atoms with E-state index in [1.165, 1.54) is 47.0 Å². The summed E-state index contributed by atoms with van der Waals surface area (Å²) in [4.78, 5) is 24.0. The molecule has 0 aliphatic heterocycles. The fraction of sp³-hybridized carbons (Fsp3) is 0.167. The number of hydrogen-bond donors (Lipinski definition) is 1. The molecule has 0 unspecified atom stereocenters. The van der Waals surface area contributed by atoms with Crippen molar-refractivity contribution < 1.29 is 41.3 Å². The van der Waals surface area contributed by atoms with Crippen LogP contribution in [0.5, 0.6) is 5.88 Å². The number of carbonyl (C=O) groups is 1. The number of aromatic nitrogens is 4. The van der Waals surface area contributed by atoms with E-state index in [1.807, 2.05) is 6.07 Å². The summed E-state index contributed by atoms with van der Waals surface area (Å²) in [5, 5.41) is 18.2. The lowest BCUT2D eigenvalue weighted by atomic mass is 10.0. The Labute approximate surface area is 245 Å². The Kier molecular flexibility index (Phi) is 8.77. The predicted octanol–water partition coefficient (Wildman–Crippen LogP) is 5.89. The summed E-state index contributed by atoms with van der Waals surface area (Å²) in [7, 11) is 0. The van der Waals surface area contributed by atoms with E-state index < -0.39 is 36.6 Å². The normalized spacial score (nSPS) is 11.2. The van der Waals surface area contributed by atoms with Crippen molar-refractivity contribution in [3.05, 3.63) is 106 Å². The Morgan fingerprint density at radius 1 is 0.955 bits per heavy atom. The molecular weight excluding hydrogens is 589 g/mol. The molecule has 0 saturated heterocycles. The van der Waals surface area contributed by atoms with Gasteiger partial charge in [0.25, 0.3) is 0 Å². The summed E-state index contributed by atoms with van der Waals surface area (Å²) in [6, 6.07) is 14.6. The maximum absolute atomic E-state index is 15.3. The summed E-state index contributed by atoms with van der Waals surface area (Å²) in [6.07, 6.45) is -0.288. The minimum Gasteiger partial charge on any atom is -0.477 e. The molecule has 5 aromatic rings. The number of carboxylic acids is 1. The Bertz CT molecular complexity index is 1910. The molecule has 3 aromatic heterocycles. The van der Waals surface area contributed by atoms with Gasteiger partial charge in [0.15, 0.2) is 11.3 Å². The monoisotopic (exact) mass is 609 g/mol. The van der Waals surface area contributed by atoms with E-state index in [9.17, 15) is 23.1 Å². The lowest BCUT2D eigenvalue weighted by molar-refractivity contribution is -0.130. The molecular formula is C30H20F5N5O4. The first-order chi connectivity index (χ1) is 21.1. The molecule has 1 N–H and O–H groups in total. The van der Waals surface area contributed by atoms with Crippen LogP contribution in [-0.2, 0) is 24.3 Å². The van der Waals surface area contributed by atoms with Crippen LogP contribution < -0.4 is 4.74 Å². The van der Waals surface area contributed by atoms with Crippen LogP contribution in [0.15, 0.2) is 60.7 Å². The Balaban J connectivity index is 1.40. The van der Waals surface area contributed by atoms with Crippen LogP contribution >= 0.6 is 0 Å². The summed E-state index contributed by atoms with van der Waals surface area (Å²) >= 11 is 0. The molecule has 14 heteroatoms. The van der Waals surface area contributed by atoms with Crippen molar-refractivity contribution in [3.8, 4) is 23.2 Å². The van der Waals surface area contributed by atoms with Crippen molar-refractivity contribution in [2.24, 2.45) is 0 Å². The van der Waals surface area contributed by atoms with E-state index in [1.54, 1.807) is 0 Å². The number of imidazole rings is 1. The van der Waals surface area contributed by atoms with Gasteiger partial charge in [-0.05, 0) is 48.0 Å². The number of nitriles is 1. The number of rotatable bonds is 11. The topological polar surface area (TPSA) is 123 Å². The first-order valence-electron chi connectivity index (χ1n) is 12.9. The molecule has 224 valence electrons. The molecule has 0 radical (unpaired) electrons. The number of benzene rings is 2. The average molecular weight is 610 g/mol. The number of halogens is 5. The number of hydrogen-bond acceptors (Lipinski definition) is 7. The number of aromatic carboxylic acids is 1. The molecule has 0 bridgehead atoms. The van der Waals surface area contributed by atoms with E-state index in [-0.39, 0.29) is 76.1 Å². The second-order valence-corrected chi connectivity index (χ2v) is 9.32. The first-order valence-corrected chi connectivity index (χ1v) is 12.9. The van der Waals surface area contributed by atoms with Gasteiger partial charge < -0.3 is 19.1 Å². The highest BCUT2D eigenvalue weighted by molar-refractivity contribution is 5.88. The molecule has 9 nitrogen and oxygen atoms in total. The molecule has 0 saturated carbocycles. The minimum absolute atomic E-state index is 0.0168. The van der Waals surface area contributed by atoms with Crippen LogP contribution in [0.25, 0.3) is 22.4 Å². The zero-order chi connectivity index (χ0) is 31.4. The van der Waals surface area contributed by atoms with Gasteiger partial charge in [0.1, 0.15) is 35.4 Å². The molecule has 0 fully saturated rings. The van der Waals surface area contributed by atoms with E-state index in [0.717, 1.165) is 18.2 Å². The number of carboxylic acid groups (broad SMARTS) is 1. The smallest absolute Gasteiger partial charge is 0.354 e. The van der Waals surface area contributed by atoms with E-state index in [0.29, 0.717) is 0 Å². The summed E-state index contributed by atoms with van der Waals surface area (Å²) in [6.45, 7) is -3.97. The fourth-order valence-electron chi connectivity index (χ4n) is 4.39. The molecule has 44 heavy (non-hydrogen) atoms. The van der Waals surface area contributed by atoms with Gasteiger partial charge in [-0.2, -0.15) is 14.0 Å². The van der Waals surface area contributed by atoms with Gasteiger partial charge in [0.05, 0.1) is 23.9 Å². The van der Waals surface area contributed by atoms with Gasteiger partial charge in [-0.3, -0.25) is 0 Å². The van der Waals surface area contributed by atoms with Crippen LogP contribution in [0.3, 0.4) is 0 Å². The summed E-state index contributed by atoms with van der Waals surface area (Å²) in [5.74, 6) is -3.49. The quantitative estimate of drug-likeness (QED) is 0.184. The molecule has 2 aromatic carbocycles. The highest BCUT2D eigenvalue weighted by atomic mass is 19.3. The summed E-state index contributed by atoms with van der Waals surface area (Å²) in [5.41, 5.74) is -0.00525. The second kappa shape index (κ2) is 12.8.